The minimum absolute atomic E-state index is 0.0321. The lowest BCUT2D eigenvalue weighted by molar-refractivity contribution is -0.221. The largest absolute Gasteiger partial charge is 0.469 e. The maximum atomic E-state index is 13.5. The Morgan fingerprint density at radius 3 is 2.38 bits per heavy atom. The van der Waals surface area contributed by atoms with Crippen LogP contribution in [0.5, 0.6) is 0 Å². The summed E-state index contributed by atoms with van der Waals surface area (Å²) in [6.45, 7) is 16.1. The van der Waals surface area contributed by atoms with Crippen LogP contribution in [0.15, 0.2) is 42.0 Å². The molecule has 4 saturated carbocycles. The number of hydrogen-bond donors (Lipinski definition) is 1. The molecule has 5 aliphatic rings. The number of benzene rings is 1. The van der Waals surface area contributed by atoms with Gasteiger partial charge in [0.2, 0.25) is 0 Å². The number of ether oxygens (including phenoxy) is 2. The highest BCUT2D eigenvalue weighted by molar-refractivity contribution is 5.78. The fourth-order valence-corrected chi connectivity index (χ4v) is 12.0. The van der Waals surface area contributed by atoms with Crippen LogP contribution in [0.1, 0.15) is 105 Å². The summed E-state index contributed by atoms with van der Waals surface area (Å²) in [4.78, 5) is 13.5. The Balaban J connectivity index is 1.33. The van der Waals surface area contributed by atoms with Crippen molar-refractivity contribution in [3.8, 4) is 0 Å². The number of methoxy groups -OCH3 is 1. The normalized spacial score (nSPS) is 48.1. The Morgan fingerprint density at radius 2 is 1.67 bits per heavy atom. The summed E-state index contributed by atoms with van der Waals surface area (Å²) in [5, 5.41) is 11.5. The zero-order chi connectivity index (χ0) is 30.1. The summed E-state index contributed by atoms with van der Waals surface area (Å²) < 4.78 is 12.0. The van der Waals surface area contributed by atoms with E-state index in [1.54, 1.807) is 12.7 Å². The second-order valence-corrected chi connectivity index (χ2v) is 16.3. The standard InChI is InChI=1S/C38H56O4/c1-25-15-20-38(33(40)41-7)22-21-36(5)28(32(38)26(25)2)13-14-30-34(3)18-17-31(39)35(4,29(34)16-19-37(30,36)6)24-42-23-27-11-9-8-10-12-27/h8-13,25-26,29-32,39H,14-24H2,1-7H3/t25-,26+,29-,30-,31+,32+,34+,35+,36-,37-,38+/m1/s1. The molecule has 11 atom stereocenters. The summed E-state index contributed by atoms with van der Waals surface area (Å²) in [6.07, 6.45) is 11.7. The number of aliphatic hydroxyl groups is 1. The molecule has 0 spiro atoms. The summed E-state index contributed by atoms with van der Waals surface area (Å²) in [5.74, 6) is 2.38. The maximum absolute atomic E-state index is 13.5. The zero-order valence-electron chi connectivity index (χ0n) is 27.4. The first kappa shape index (κ1) is 30.4. The van der Waals surface area contributed by atoms with Crippen molar-refractivity contribution < 1.29 is 19.4 Å². The molecular formula is C38H56O4. The number of fused-ring (bicyclic) bond motifs is 7. The summed E-state index contributed by atoms with van der Waals surface area (Å²) in [6, 6.07) is 10.4. The molecule has 232 valence electrons. The molecule has 0 saturated heterocycles. The van der Waals surface area contributed by atoms with Gasteiger partial charge in [0.05, 0.1) is 31.8 Å². The van der Waals surface area contributed by atoms with Crippen molar-refractivity contribution in [3.05, 3.63) is 47.5 Å². The van der Waals surface area contributed by atoms with Crippen LogP contribution in [0, 0.1) is 56.7 Å². The molecule has 0 bridgehead atoms. The van der Waals surface area contributed by atoms with E-state index in [0.717, 1.165) is 51.4 Å². The lowest BCUT2D eigenvalue weighted by Crippen LogP contribution is -2.66. The van der Waals surface area contributed by atoms with Crippen molar-refractivity contribution in [2.24, 2.45) is 56.7 Å². The molecule has 0 aliphatic heterocycles. The van der Waals surface area contributed by atoms with Gasteiger partial charge in [0.15, 0.2) is 0 Å². The summed E-state index contributed by atoms with van der Waals surface area (Å²) in [7, 11) is 1.59. The van der Waals surface area contributed by atoms with E-state index in [0.29, 0.717) is 36.9 Å². The van der Waals surface area contributed by atoms with Crippen molar-refractivity contribution in [3.63, 3.8) is 0 Å². The third kappa shape index (κ3) is 4.09. The van der Waals surface area contributed by atoms with Crippen molar-refractivity contribution in [2.45, 2.75) is 112 Å². The van der Waals surface area contributed by atoms with Crippen LogP contribution >= 0.6 is 0 Å². The number of carbonyl (C=O) groups excluding carboxylic acids is 1. The average Bonchev–Trinajstić information content (AvgIpc) is 2.97. The first-order chi connectivity index (χ1) is 19.9. The van der Waals surface area contributed by atoms with Gasteiger partial charge in [0.25, 0.3) is 0 Å². The van der Waals surface area contributed by atoms with E-state index in [4.69, 9.17) is 9.47 Å². The topological polar surface area (TPSA) is 55.8 Å². The molecule has 4 fully saturated rings. The fraction of sp³-hybridized carbons (Fsp3) is 0.763. The van der Waals surface area contributed by atoms with Crippen molar-refractivity contribution in [1.29, 1.82) is 0 Å². The molecule has 1 N–H and O–H groups in total. The molecule has 42 heavy (non-hydrogen) atoms. The molecule has 6 rings (SSSR count). The van der Waals surface area contributed by atoms with Crippen LogP contribution in [0.2, 0.25) is 0 Å². The van der Waals surface area contributed by atoms with Gasteiger partial charge in [-0.25, -0.2) is 0 Å². The molecule has 5 aliphatic carbocycles. The molecule has 0 amide bonds. The first-order valence-corrected chi connectivity index (χ1v) is 17.0. The predicted molar refractivity (Wildman–Crippen MR) is 167 cm³/mol. The molecule has 0 heterocycles. The lowest BCUT2D eigenvalue weighted by Gasteiger charge is -2.71. The number of carbonyl (C=O) groups is 1. The van der Waals surface area contributed by atoms with E-state index in [2.05, 4.69) is 71.9 Å². The second-order valence-electron chi connectivity index (χ2n) is 16.3. The van der Waals surface area contributed by atoms with Crippen molar-refractivity contribution in [1.82, 2.24) is 0 Å². The molecule has 0 aromatic heterocycles. The predicted octanol–water partition coefficient (Wildman–Crippen LogP) is 8.37. The average molecular weight is 577 g/mol. The number of allylic oxidation sites excluding steroid dienone is 2. The zero-order valence-corrected chi connectivity index (χ0v) is 27.4. The summed E-state index contributed by atoms with van der Waals surface area (Å²) in [5.41, 5.74) is 2.55. The van der Waals surface area contributed by atoms with Crippen LogP contribution in [-0.4, -0.2) is 30.9 Å². The van der Waals surface area contributed by atoms with E-state index < -0.39 is 0 Å². The summed E-state index contributed by atoms with van der Waals surface area (Å²) >= 11 is 0. The highest BCUT2D eigenvalue weighted by Crippen LogP contribution is 2.75. The molecule has 0 unspecified atom stereocenters. The van der Waals surface area contributed by atoms with E-state index in [1.807, 2.05) is 6.07 Å². The van der Waals surface area contributed by atoms with E-state index in [-0.39, 0.29) is 45.1 Å². The van der Waals surface area contributed by atoms with E-state index in [9.17, 15) is 9.90 Å². The Bertz CT molecular complexity index is 1210. The number of hydrogen-bond acceptors (Lipinski definition) is 4. The molecule has 4 heteroatoms. The highest BCUT2D eigenvalue weighted by atomic mass is 16.5. The number of aliphatic hydroxyl groups excluding tert-OH is 1. The van der Waals surface area contributed by atoms with Gasteiger partial charge in [-0.3, -0.25) is 4.79 Å². The Labute approximate surface area is 255 Å². The van der Waals surface area contributed by atoms with Gasteiger partial charge in [0.1, 0.15) is 0 Å². The van der Waals surface area contributed by atoms with Crippen LogP contribution < -0.4 is 0 Å². The van der Waals surface area contributed by atoms with Crippen LogP contribution in [0.4, 0.5) is 0 Å². The second kappa shape index (κ2) is 10.5. The minimum atomic E-state index is -0.361. The molecule has 1 aromatic rings. The van der Waals surface area contributed by atoms with Gasteiger partial charge in [0, 0.05) is 5.41 Å². The first-order valence-electron chi connectivity index (χ1n) is 17.0. The highest BCUT2D eigenvalue weighted by Gasteiger charge is 2.70. The van der Waals surface area contributed by atoms with Gasteiger partial charge in [-0.05, 0) is 109 Å². The number of rotatable bonds is 5. The van der Waals surface area contributed by atoms with Gasteiger partial charge >= 0.3 is 5.97 Å². The van der Waals surface area contributed by atoms with E-state index >= 15 is 0 Å². The third-order valence-electron chi connectivity index (χ3n) is 14.9. The van der Waals surface area contributed by atoms with Crippen molar-refractivity contribution >= 4 is 5.97 Å². The van der Waals surface area contributed by atoms with Crippen molar-refractivity contribution in [2.75, 3.05) is 13.7 Å². The van der Waals surface area contributed by atoms with Gasteiger partial charge in [-0.15, -0.1) is 0 Å². The van der Waals surface area contributed by atoms with Gasteiger partial charge < -0.3 is 14.6 Å². The minimum Gasteiger partial charge on any atom is -0.469 e. The molecule has 0 radical (unpaired) electrons. The molecular weight excluding hydrogens is 520 g/mol. The van der Waals surface area contributed by atoms with Crippen LogP contribution in [-0.2, 0) is 20.9 Å². The van der Waals surface area contributed by atoms with E-state index in [1.165, 1.54) is 12.0 Å². The monoisotopic (exact) mass is 576 g/mol. The molecule has 1 aromatic carbocycles. The Kier molecular flexibility index (Phi) is 7.57. The Morgan fingerprint density at radius 1 is 0.929 bits per heavy atom. The SMILES string of the molecule is COC(=O)[C@]12CC[C@@H](C)[C@H](C)[C@H]1C1=CC[C@@H]3[C@@]4(C)CC[C@H](O)[C@@](C)(COCc5ccccc5)[C@@H]4CC[C@@]3(C)[C@]1(C)CC2. The smallest absolute Gasteiger partial charge is 0.312 e. The van der Waals surface area contributed by atoms with Gasteiger partial charge in [-0.1, -0.05) is 83.5 Å². The molecule has 4 nitrogen and oxygen atoms in total. The fourth-order valence-electron chi connectivity index (χ4n) is 12.0. The maximum Gasteiger partial charge on any atom is 0.312 e. The van der Waals surface area contributed by atoms with Crippen LogP contribution in [0.25, 0.3) is 0 Å². The third-order valence-corrected chi connectivity index (χ3v) is 14.9. The van der Waals surface area contributed by atoms with Crippen LogP contribution in [0.3, 0.4) is 0 Å². The lowest BCUT2D eigenvalue weighted by atomic mass is 9.33. The number of esters is 1. The van der Waals surface area contributed by atoms with Gasteiger partial charge in [-0.2, -0.15) is 0 Å². The Hall–Kier alpha value is -1.65. The quantitative estimate of drug-likeness (QED) is 0.283.